The molecular weight excluding hydrogens is 382 g/mol. The van der Waals surface area contributed by atoms with Crippen molar-refractivity contribution in [3.05, 3.63) is 24.3 Å². The van der Waals surface area contributed by atoms with Crippen LogP contribution in [0.3, 0.4) is 0 Å². The van der Waals surface area contributed by atoms with E-state index in [1.807, 2.05) is 23.1 Å². The zero-order valence-electron chi connectivity index (χ0n) is 18.0. The molecule has 7 nitrogen and oxygen atoms in total. The minimum Gasteiger partial charge on any atom is -0.495 e. The van der Waals surface area contributed by atoms with E-state index < -0.39 is 12.2 Å². The van der Waals surface area contributed by atoms with Crippen LogP contribution in [0.1, 0.15) is 32.1 Å². The van der Waals surface area contributed by atoms with Gasteiger partial charge in [-0.15, -0.1) is 0 Å². The van der Waals surface area contributed by atoms with Crippen LogP contribution in [-0.2, 0) is 9.53 Å². The predicted molar refractivity (Wildman–Crippen MR) is 116 cm³/mol. The molecule has 166 valence electrons. The van der Waals surface area contributed by atoms with Crippen molar-refractivity contribution in [2.75, 3.05) is 57.8 Å². The summed E-state index contributed by atoms with van der Waals surface area (Å²) in [6.07, 6.45) is 3.63. The summed E-state index contributed by atoms with van der Waals surface area (Å²) in [7, 11) is 1.68. The third kappa shape index (κ3) is 4.90. The second-order valence-corrected chi connectivity index (χ2v) is 8.64. The Hall–Kier alpha value is -1.83. The zero-order chi connectivity index (χ0) is 20.9. The molecule has 1 aromatic rings. The van der Waals surface area contributed by atoms with E-state index in [9.17, 15) is 9.90 Å². The van der Waals surface area contributed by atoms with E-state index in [4.69, 9.17) is 9.47 Å². The molecule has 0 aromatic heterocycles. The van der Waals surface area contributed by atoms with E-state index in [2.05, 4.69) is 15.9 Å². The van der Waals surface area contributed by atoms with Gasteiger partial charge >= 0.3 is 0 Å². The van der Waals surface area contributed by atoms with Crippen molar-refractivity contribution in [2.24, 2.45) is 0 Å². The summed E-state index contributed by atoms with van der Waals surface area (Å²) >= 11 is 0. The molecule has 0 spiro atoms. The first-order chi connectivity index (χ1) is 14.7. The maximum absolute atomic E-state index is 13.1. The van der Waals surface area contributed by atoms with Crippen LogP contribution in [0.5, 0.6) is 5.75 Å². The second-order valence-electron chi connectivity index (χ2n) is 8.64. The average molecular weight is 418 g/mol. The van der Waals surface area contributed by atoms with E-state index in [0.717, 1.165) is 43.9 Å². The number of carbonyl (C=O) groups is 1. The highest BCUT2D eigenvalue weighted by atomic mass is 16.5. The number of nitrogens with zero attached hydrogens (tertiary/aromatic N) is 3. The number of aliphatic hydroxyl groups excluding tert-OH is 1. The third-order valence-corrected chi connectivity index (χ3v) is 6.70. The Morgan fingerprint density at radius 1 is 1.10 bits per heavy atom. The molecule has 1 N–H and O–H groups in total. The Labute approximate surface area is 179 Å². The summed E-state index contributed by atoms with van der Waals surface area (Å²) in [5, 5.41) is 10.5. The lowest BCUT2D eigenvalue weighted by Crippen LogP contribution is -2.56. The molecule has 3 atom stereocenters. The molecule has 0 saturated carbocycles. The van der Waals surface area contributed by atoms with Gasteiger partial charge in [0.15, 0.2) is 6.10 Å². The molecule has 1 aromatic carbocycles. The number of para-hydroxylation sites is 2. The van der Waals surface area contributed by atoms with Crippen LogP contribution in [0, 0.1) is 0 Å². The van der Waals surface area contributed by atoms with Crippen LogP contribution >= 0.6 is 0 Å². The summed E-state index contributed by atoms with van der Waals surface area (Å²) in [5.41, 5.74) is 1.06. The Morgan fingerprint density at radius 2 is 1.83 bits per heavy atom. The first-order valence-electron chi connectivity index (χ1n) is 11.4. The number of piperazine rings is 1. The van der Waals surface area contributed by atoms with Crippen LogP contribution in [0.2, 0.25) is 0 Å². The highest BCUT2D eigenvalue weighted by molar-refractivity contribution is 5.82. The first kappa shape index (κ1) is 21.4. The van der Waals surface area contributed by atoms with Gasteiger partial charge in [0.25, 0.3) is 5.91 Å². The smallest absolute Gasteiger partial charge is 0.254 e. The van der Waals surface area contributed by atoms with Crippen LogP contribution in [0.4, 0.5) is 5.69 Å². The lowest BCUT2D eigenvalue weighted by Gasteiger charge is -2.40. The number of methoxy groups -OCH3 is 1. The van der Waals surface area contributed by atoms with Crippen molar-refractivity contribution in [3.63, 3.8) is 0 Å². The lowest BCUT2D eigenvalue weighted by atomic mass is 9.98. The normalized spacial score (nSPS) is 28.0. The molecule has 1 amide bonds. The predicted octanol–water partition coefficient (Wildman–Crippen LogP) is 1.74. The fourth-order valence-corrected chi connectivity index (χ4v) is 4.88. The van der Waals surface area contributed by atoms with Crippen molar-refractivity contribution >= 4 is 11.6 Å². The SMILES string of the molecule is COc1ccccc1N1CCN(C(=O)[C@H]2O[C@H](CCN3CCCC3)CC[C@@H]2O)CC1. The molecule has 0 bridgehead atoms. The molecule has 7 heteroatoms. The van der Waals surface area contributed by atoms with Gasteiger partial charge in [-0.25, -0.2) is 0 Å². The van der Waals surface area contributed by atoms with Crippen molar-refractivity contribution in [1.82, 2.24) is 9.80 Å². The van der Waals surface area contributed by atoms with E-state index in [0.29, 0.717) is 19.5 Å². The van der Waals surface area contributed by atoms with Gasteiger partial charge in [0.2, 0.25) is 0 Å². The van der Waals surface area contributed by atoms with Gasteiger partial charge < -0.3 is 29.3 Å². The fraction of sp³-hybridized carbons (Fsp3) is 0.696. The fourth-order valence-electron chi connectivity index (χ4n) is 4.88. The monoisotopic (exact) mass is 417 g/mol. The minimum atomic E-state index is -0.722. The third-order valence-electron chi connectivity index (χ3n) is 6.70. The van der Waals surface area contributed by atoms with Gasteiger partial charge in [-0.05, 0) is 57.3 Å². The highest BCUT2D eigenvalue weighted by Crippen LogP contribution is 2.29. The van der Waals surface area contributed by atoms with E-state index in [1.165, 1.54) is 25.9 Å². The first-order valence-corrected chi connectivity index (χ1v) is 11.4. The Balaban J connectivity index is 1.30. The standard InChI is InChI=1S/C23H35N3O4/c1-29-21-7-3-2-6-19(21)25-14-16-26(17-15-25)23(28)22-20(27)9-8-18(30-22)10-13-24-11-4-5-12-24/h2-3,6-7,18,20,22,27H,4-5,8-17H2,1H3/t18-,20-,22-/m0/s1. The minimum absolute atomic E-state index is 0.0620. The second kappa shape index (κ2) is 9.98. The number of ether oxygens (including phenoxy) is 2. The maximum atomic E-state index is 13.1. The molecule has 0 aliphatic carbocycles. The van der Waals surface area contributed by atoms with Crippen LogP contribution < -0.4 is 9.64 Å². The van der Waals surface area contributed by atoms with Gasteiger partial charge in [-0.1, -0.05) is 12.1 Å². The molecule has 0 unspecified atom stereocenters. The van der Waals surface area contributed by atoms with Crippen LogP contribution in [0.25, 0.3) is 0 Å². The Kier molecular flexibility index (Phi) is 7.12. The van der Waals surface area contributed by atoms with Crippen LogP contribution in [-0.4, -0.2) is 92.0 Å². The van der Waals surface area contributed by atoms with Crippen LogP contribution in [0.15, 0.2) is 24.3 Å². The Bertz CT molecular complexity index is 701. The van der Waals surface area contributed by atoms with Gasteiger partial charge in [0.05, 0.1) is 25.0 Å². The zero-order valence-corrected chi connectivity index (χ0v) is 18.0. The van der Waals surface area contributed by atoms with Gasteiger partial charge in [-0.3, -0.25) is 4.79 Å². The molecular formula is C23H35N3O4. The number of hydrogen-bond donors (Lipinski definition) is 1. The molecule has 3 aliphatic heterocycles. The van der Waals surface area contributed by atoms with Crippen molar-refractivity contribution < 1.29 is 19.4 Å². The molecule has 3 aliphatic rings. The van der Waals surface area contributed by atoms with Gasteiger partial charge in [0.1, 0.15) is 5.75 Å². The van der Waals surface area contributed by atoms with Gasteiger partial charge in [0, 0.05) is 32.7 Å². The number of aliphatic hydroxyl groups is 1. The van der Waals surface area contributed by atoms with E-state index in [1.54, 1.807) is 7.11 Å². The number of hydrogen-bond acceptors (Lipinski definition) is 6. The number of carbonyl (C=O) groups excluding carboxylic acids is 1. The molecule has 3 fully saturated rings. The number of likely N-dealkylation sites (tertiary alicyclic amines) is 1. The molecule has 3 heterocycles. The topological polar surface area (TPSA) is 65.5 Å². The van der Waals surface area contributed by atoms with Crippen molar-refractivity contribution in [2.45, 2.75) is 50.4 Å². The molecule has 3 saturated heterocycles. The Morgan fingerprint density at radius 3 is 2.57 bits per heavy atom. The molecule has 0 radical (unpaired) electrons. The number of benzene rings is 1. The van der Waals surface area contributed by atoms with Crippen molar-refractivity contribution in [1.29, 1.82) is 0 Å². The van der Waals surface area contributed by atoms with Crippen molar-refractivity contribution in [3.8, 4) is 5.75 Å². The molecule has 30 heavy (non-hydrogen) atoms. The molecule has 4 rings (SSSR count). The summed E-state index contributed by atoms with van der Waals surface area (Å²) in [4.78, 5) is 19.7. The van der Waals surface area contributed by atoms with Gasteiger partial charge in [-0.2, -0.15) is 0 Å². The summed E-state index contributed by atoms with van der Waals surface area (Å²) in [5.74, 6) is 0.789. The van der Waals surface area contributed by atoms with E-state index in [-0.39, 0.29) is 12.0 Å². The number of anilines is 1. The largest absolute Gasteiger partial charge is 0.495 e. The maximum Gasteiger partial charge on any atom is 0.254 e. The average Bonchev–Trinajstić information content (AvgIpc) is 3.32. The lowest BCUT2D eigenvalue weighted by molar-refractivity contribution is -0.168. The van der Waals surface area contributed by atoms with E-state index >= 15 is 0 Å². The highest BCUT2D eigenvalue weighted by Gasteiger charge is 2.38. The summed E-state index contributed by atoms with van der Waals surface area (Å²) < 4.78 is 11.6. The number of amides is 1. The number of rotatable bonds is 6. The quantitative estimate of drug-likeness (QED) is 0.761. The summed E-state index contributed by atoms with van der Waals surface area (Å²) in [6, 6.07) is 7.98. The summed E-state index contributed by atoms with van der Waals surface area (Å²) in [6.45, 7) is 6.12.